The number of hydrogen-bond donors (Lipinski definition) is 2. The number of nitrogens with two attached hydrogens (primary N) is 1. The van der Waals surface area contributed by atoms with Gasteiger partial charge in [-0.05, 0) is 50.1 Å². The second-order valence-electron chi connectivity index (χ2n) is 5.44. The average Bonchev–Trinajstić information content (AvgIpc) is 2.36. The summed E-state index contributed by atoms with van der Waals surface area (Å²) in [5.41, 5.74) is 11.1. The van der Waals surface area contributed by atoms with Crippen LogP contribution in [-0.4, -0.2) is 12.2 Å². The molecule has 0 heterocycles. The van der Waals surface area contributed by atoms with E-state index in [2.05, 4.69) is 36.9 Å². The Morgan fingerprint density at radius 2 is 1.60 bits per heavy atom. The molecule has 3 nitrogen and oxygen atoms in total. The van der Waals surface area contributed by atoms with Gasteiger partial charge in [0.15, 0.2) is 0 Å². The van der Waals surface area contributed by atoms with Crippen LogP contribution in [0.15, 0.2) is 36.4 Å². The molecule has 0 spiro atoms. The third-order valence-electron chi connectivity index (χ3n) is 3.49. The quantitative estimate of drug-likeness (QED) is 0.892. The summed E-state index contributed by atoms with van der Waals surface area (Å²) >= 11 is 0. The van der Waals surface area contributed by atoms with Crippen LogP contribution < -0.4 is 10.6 Å². The number of rotatable bonds is 3. The minimum atomic E-state index is -0.171. The highest BCUT2D eigenvalue weighted by atomic mass is 16.3. The third-order valence-corrected chi connectivity index (χ3v) is 3.49. The van der Waals surface area contributed by atoms with Gasteiger partial charge in [0.25, 0.3) is 0 Å². The molecule has 0 amide bonds. The smallest absolute Gasteiger partial charge is 0.122 e. The minimum absolute atomic E-state index is 0.171. The summed E-state index contributed by atoms with van der Waals surface area (Å²) in [6, 6.07) is 11.9. The molecule has 0 aromatic heterocycles. The van der Waals surface area contributed by atoms with E-state index in [1.54, 1.807) is 6.07 Å². The molecule has 0 bridgehead atoms. The van der Waals surface area contributed by atoms with Crippen LogP contribution in [0.3, 0.4) is 0 Å². The summed E-state index contributed by atoms with van der Waals surface area (Å²) in [6.45, 7) is 6.03. The fraction of sp³-hybridized carbons (Fsp3) is 0.294. The molecule has 0 saturated heterocycles. The van der Waals surface area contributed by atoms with Crippen molar-refractivity contribution in [2.24, 2.45) is 5.73 Å². The zero-order valence-electron chi connectivity index (χ0n) is 12.5. The maximum absolute atomic E-state index is 10.1. The van der Waals surface area contributed by atoms with Gasteiger partial charge in [-0.3, -0.25) is 0 Å². The van der Waals surface area contributed by atoms with E-state index in [1.165, 1.54) is 11.1 Å². The minimum Gasteiger partial charge on any atom is -0.508 e. The van der Waals surface area contributed by atoms with Gasteiger partial charge in [0, 0.05) is 36.1 Å². The fourth-order valence-electron chi connectivity index (χ4n) is 2.42. The molecule has 0 aliphatic carbocycles. The van der Waals surface area contributed by atoms with Crippen LogP contribution in [0.4, 0.5) is 11.4 Å². The molecule has 2 aromatic carbocycles. The highest BCUT2D eigenvalue weighted by Crippen LogP contribution is 2.31. The van der Waals surface area contributed by atoms with E-state index in [9.17, 15) is 5.11 Å². The molecule has 1 unspecified atom stereocenters. The predicted octanol–water partition coefficient (Wildman–Crippen LogP) is 3.80. The first kappa shape index (κ1) is 14.4. The molecule has 2 rings (SSSR count). The summed E-state index contributed by atoms with van der Waals surface area (Å²) in [5.74, 6) is 0.244. The number of phenolic OH excluding ortho intramolecular Hbond substituents is 1. The Bertz CT molecular complexity index is 600. The van der Waals surface area contributed by atoms with E-state index >= 15 is 0 Å². The molecular weight excluding hydrogens is 248 g/mol. The van der Waals surface area contributed by atoms with Gasteiger partial charge >= 0.3 is 0 Å². The summed E-state index contributed by atoms with van der Waals surface area (Å²) in [5, 5.41) is 10.1. The van der Waals surface area contributed by atoms with Gasteiger partial charge < -0.3 is 15.7 Å². The Morgan fingerprint density at radius 3 is 2.10 bits per heavy atom. The Labute approximate surface area is 120 Å². The Kier molecular flexibility index (Phi) is 4.00. The van der Waals surface area contributed by atoms with Gasteiger partial charge in [0.2, 0.25) is 0 Å². The maximum atomic E-state index is 10.1. The molecular formula is C17H22N2O. The van der Waals surface area contributed by atoms with Crippen molar-refractivity contribution >= 4 is 11.4 Å². The van der Waals surface area contributed by atoms with Crippen molar-refractivity contribution in [2.45, 2.75) is 26.8 Å². The van der Waals surface area contributed by atoms with Crippen molar-refractivity contribution in [1.82, 2.24) is 0 Å². The maximum Gasteiger partial charge on any atom is 0.122 e. The Morgan fingerprint density at radius 1 is 1.00 bits per heavy atom. The zero-order valence-corrected chi connectivity index (χ0v) is 12.5. The molecule has 0 radical (unpaired) electrons. The van der Waals surface area contributed by atoms with Gasteiger partial charge in [0.05, 0.1) is 0 Å². The molecule has 106 valence electrons. The summed E-state index contributed by atoms with van der Waals surface area (Å²) in [7, 11) is 1.99. The number of nitrogens with zero attached hydrogens (tertiary/aromatic N) is 1. The van der Waals surface area contributed by atoms with Crippen molar-refractivity contribution < 1.29 is 5.11 Å². The zero-order chi connectivity index (χ0) is 14.9. The second kappa shape index (κ2) is 5.55. The second-order valence-corrected chi connectivity index (χ2v) is 5.44. The van der Waals surface area contributed by atoms with Crippen LogP contribution in [0.25, 0.3) is 0 Å². The van der Waals surface area contributed by atoms with Crippen LogP contribution in [-0.2, 0) is 0 Å². The largest absolute Gasteiger partial charge is 0.508 e. The lowest BCUT2D eigenvalue weighted by atomic mass is 10.1. The predicted molar refractivity (Wildman–Crippen MR) is 84.7 cm³/mol. The van der Waals surface area contributed by atoms with Crippen LogP contribution >= 0.6 is 0 Å². The monoisotopic (exact) mass is 270 g/mol. The fourth-order valence-corrected chi connectivity index (χ4v) is 2.42. The number of hydrogen-bond acceptors (Lipinski definition) is 3. The van der Waals surface area contributed by atoms with Crippen molar-refractivity contribution in [1.29, 1.82) is 0 Å². The lowest BCUT2D eigenvalue weighted by molar-refractivity contribution is 0.464. The van der Waals surface area contributed by atoms with Crippen molar-refractivity contribution in [3.63, 3.8) is 0 Å². The van der Waals surface area contributed by atoms with E-state index in [1.807, 2.05) is 26.1 Å². The highest BCUT2D eigenvalue weighted by Gasteiger charge is 2.10. The van der Waals surface area contributed by atoms with E-state index in [-0.39, 0.29) is 11.8 Å². The first-order valence-corrected chi connectivity index (χ1v) is 6.79. The van der Waals surface area contributed by atoms with E-state index in [0.717, 1.165) is 16.9 Å². The van der Waals surface area contributed by atoms with Crippen molar-refractivity contribution in [3.05, 3.63) is 53.1 Å². The van der Waals surface area contributed by atoms with Gasteiger partial charge in [-0.2, -0.15) is 0 Å². The number of aryl methyl sites for hydroxylation is 2. The Balaban J connectivity index is 2.38. The number of aromatic hydroxyl groups is 1. The van der Waals surface area contributed by atoms with Crippen LogP contribution in [0.1, 0.15) is 29.7 Å². The molecule has 1 atom stereocenters. The number of anilines is 2. The van der Waals surface area contributed by atoms with Gasteiger partial charge in [0.1, 0.15) is 5.75 Å². The molecule has 3 heteroatoms. The Hall–Kier alpha value is -2.00. The molecule has 0 fully saturated rings. The first-order valence-electron chi connectivity index (χ1n) is 6.79. The summed E-state index contributed by atoms with van der Waals surface area (Å²) in [4.78, 5) is 2.06. The van der Waals surface area contributed by atoms with Gasteiger partial charge in [-0.1, -0.05) is 12.1 Å². The van der Waals surface area contributed by atoms with E-state index in [0.29, 0.717) is 0 Å². The molecule has 2 aromatic rings. The van der Waals surface area contributed by atoms with E-state index in [4.69, 9.17) is 5.73 Å². The molecule has 0 aliphatic heterocycles. The molecule has 20 heavy (non-hydrogen) atoms. The van der Waals surface area contributed by atoms with E-state index < -0.39 is 0 Å². The molecule has 0 saturated carbocycles. The highest BCUT2D eigenvalue weighted by molar-refractivity contribution is 5.66. The van der Waals surface area contributed by atoms with Crippen LogP contribution in [0, 0.1) is 13.8 Å². The summed E-state index contributed by atoms with van der Waals surface area (Å²) < 4.78 is 0. The third kappa shape index (κ3) is 2.94. The topological polar surface area (TPSA) is 49.5 Å². The molecule has 3 N–H and O–H groups in total. The van der Waals surface area contributed by atoms with Crippen LogP contribution in [0.2, 0.25) is 0 Å². The molecule has 0 aliphatic rings. The number of benzene rings is 2. The average molecular weight is 270 g/mol. The lowest BCUT2D eigenvalue weighted by Crippen LogP contribution is -2.11. The first-order chi connectivity index (χ1) is 9.38. The summed E-state index contributed by atoms with van der Waals surface area (Å²) in [6.07, 6.45) is 0. The van der Waals surface area contributed by atoms with Gasteiger partial charge in [-0.25, -0.2) is 0 Å². The van der Waals surface area contributed by atoms with Gasteiger partial charge in [-0.15, -0.1) is 0 Å². The van der Waals surface area contributed by atoms with Crippen molar-refractivity contribution in [3.8, 4) is 5.75 Å². The lowest BCUT2D eigenvalue weighted by Gasteiger charge is -2.22. The standard InChI is InChI=1S/C17H22N2O/c1-11-7-12(2)9-15(8-11)19(4)14-5-6-16(13(3)18)17(20)10-14/h5-10,13,20H,18H2,1-4H3. The van der Waals surface area contributed by atoms with Crippen LogP contribution in [0.5, 0.6) is 5.75 Å². The SMILES string of the molecule is Cc1cc(C)cc(N(C)c2ccc(C(C)N)c(O)c2)c1. The normalized spacial score (nSPS) is 12.2. The van der Waals surface area contributed by atoms with Crippen molar-refractivity contribution in [2.75, 3.05) is 11.9 Å². The number of phenols is 1.